The average molecular weight is 247 g/mol. The van der Waals surface area contributed by atoms with Gasteiger partial charge in [-0.2, -0.15) is 0 Å². The molecule has 5 heteroatoms. The Kier molecular flexibility index (Phi) is 3.41. The molecule has 1 heterocycles. The minimum Gasteiger partial charge on any atom is -0.462 e. The first kappa shape index (κ1) is 12.3. The third kappa shape index (κ3) is 2.25. The van der Waals surface area contributed by atoms with Gasteiger partial charge in [0.2, 0.25) is 11.8 Å². The van der Waals surface area contributed by atoms with Gasteiger partial charge in [0, 0.05) is 12.8 Å². The highest BCUT2D eigenvalue weighted by atomic mass is 16.5. The molecule has 1 fully saturated rings. The summed E-state index contributed by atoms with van der Waals surface area (Å²) in [5.41, 5.74) is 0.898. The number of amides is 2. The van der Waals surface area contributed by atoms with E-state index in [0.717, 1.165) is 4.90 Å². The number of carbonyl (C=O) groups excluding carboxylic acids is 3. The van der Waals surface area contributed by atoms with Crippen LogP contribution in [0.3, 0.4) is 0 Å². The molecule has 0 aliphatic carbocycles. The summed E-state index contributed by atoms with van der Waals surface area (Å²) in [5, 5.41) is 0. The van der Waals surface area contributed by atoms with Gasteiger partial charge in [0.05, 0.1) is 17.9 Å². The molecule has 0 unspecified atom stereocenters. The maximum atomic E-state index is 11.5. The van der Waals surface area contributed by atoms with Crippen LogP contribution in [0, 0.1) is 0 Å². The number of imide groups is 1. The zero-order valence-electron chi connectivity index (χ0n) is 10.0. The Morgan fingerprint density at radius 3 is 2.22 bits per heavy atom. The molecule has 1 aromatic carbocycles. The number of rotatable bonds is 3. The minimum atomic E-state index is -0.414. The Balaban J connectivity index is 2.20. The highest BCUT2D eigenvalue weighted by Crippen LogP contribution is 2.22. The lowest BCUT2D eigenvalue weighted by Crippen LogP contribution is -2.28. The van der Waals surface area contributed by atoms with Crippen molar-refractivity contribution in [1.82, 2.24) is 0 Å². The molecule has 2 amide bonds. The molecular formula is C13H13NO4. The fraction of sp³-hybridized carbons (Fsp3) is 0.308. The van der Waals surface area contributed by atoms with Gasteiger partial charge < -0.3 is 4.74 Å². The predicted molar refractivity (Wildman–Crippen MR) is 64.1 cm³/mol. The summed E-state index contributed by atoms with van der Waals surface area (Å²) in [5.74, 6) is -0.823. The molecule has 94 valence electrons. The van der Waals surface area contributed by atoms with E-state index in [9.17, 15) is 14.4 Å². The van der Waals surface area contributed by atoms with E-state index in [0.29, 0.717) is 17.9 Å². The van der Waals surface area contributed by atoms with Gasteiger partial charge in [-0.3, -0.25) is 14.5 Å². The maximum absolute atomic E-state index is 11.5. The van der Waals surface area contributed by atoms with E-state index in [1.54, 1.807) is 31.2 Å². The Morgan fingerprint density at radius 1 is 1.17 bits per heavy atom. The van der Waals surface area contributed by atoms with Crippen LogP contribution in [-0.4, -0.2) is 24.4 Å². The van der Waals surface area contributed by atoms with Crippen molar-refractivity contribution in [2.75, 3.05) is 11.5 Å². The van der Waals surface area contributed by atoms with Gasteiger partial charge in [0.1, 0.15) is 0 Å². The van der Waals surface area contributed by atoms with Crippen LogP contribution in [0.15, 0.2) is 24.3 Å². The van der Waals surface area contributed by atoms with Crippen molar-refractivity contribution in [3.8, 4) is 0 Å². The molecule has 0 N–H and O–H groups in total. The lowest BCUT2D eigenvalue weighted by Gasteiger charge is -2.13. The molecule has 5 nitrogen and oxygen atoms in total. The Morgan fingerprint density at radius 2 is 1.72 bits per heavy atom. The molecule has 18 heavy (non-hydrogen) atoms. The number of ether oxygens (including phenoxy) is 1. The van der Waals surface area contributed by atoms with E-state index in [4.69, 9.17) is 4.74 Å². The Labute approximate surface area is 104 Å². The Hall–Kier alpha value is -2.17. The molecule has 0 bridgehead atoms. The van der Waals surface area contributed by atoms with Gasteiger partial charge >= 0.3 is 5.97 Å². The number of esters is 1. The molecular weight excluding hydrogens is 234 g/mol. The number of hydrogen-bond donors (Lipinski definition) is 0. The summed E-state index contributed by atoms with van der Waals surface area (Å²) in [6, 6.07) is 6.25. The normalized spacial score (nSPS) is 15.1. The van der Waals surface area contributed by atoms with Crippen molar-refractivity contribution in [1.29, 1.82) is 0 Å². The molecule has 1 aliphatic heterocycles. The second-order valence-electron chi connectivity index (χ2n) is 3.89. The minimum absolute atomic E-state index is 0.205. The van der Waals surface area contributed by atoms with Gasteiger partial charge in [-0.1, -0.05) is 0 Å². The van der Waals surface area contributed by atoms with E-state index in [1.807, 2.05) is 0 Å². The maximum Gasteiger partial charge on any atom is 0.338 e. The molecule has 0 atom stereocenters. The van der Waals surface area contributed by atoms with E-state index in [1.165, 1.54) is 0 Å². The smallest absolute Gasteiger partial charge is 0.338 e. The van der Waals surface area contributed by atoms with Crippen LogP contribution in [0.4, 0.5) is 5.69 Å². The molecule has 0 saturated carbocycles. The molecule has 2 rings (SSSR count). The second kappa shape index (κ2) is 5.00. The molecule has 0 aromatic heterocycles. The third-order valence-electron chi connectivity index (χ3n) is 2.69. The summed E-state index contributed by atoms with van der Waals surface area (Å²) in [4.78, 5) is 35.6. The standard InChI is InChI=1S/C13H13NO4/c1-2-18-13(17)9-3-5-10(6-4-9)14-11(15)7-8-12(14)16/h3-6H,2,7-8H2,1H3. The van der Waals surface area contributed by atoms with Crippen molar-refractivity contribution in [3.05, 3.63) is 29.8 Å². The van der Waals surface area contributed by atoms with Crippen LogP contribution in [0.25, 0.3) is 0 Å². The lowest BCUT2D eigenvalue weighted by molar-refractivity contribution is -0.121. The summed E-state index contributed by atoms with van der Waals surface area (Å²) >= 11 is 0. The van der Waals surface area contributed by atoms with Crippen molar-refractivity contribution in [2.45, 2.75) is 19.8 Å². The van der Waals surface area contributed by atoms with Crippen molar-refractivity contribution in [3.63, 3.8) is 0 Å². The molecule has 1 aliphatic rings. The van der Waals surface area contributed by atoms with Gasteiger partial charge in [-0.05, 0) is 31.2 Å². The first-order chi connectivity index (χ1) is 8.63. The molecule has 0 spiro atoms. The fourth-order valence-electron chi connectivity index (χ4n) is 1.83. The van der Waals surface area contributed by atoms with Gasteiger partial charge in [0.25, 0.3) is 0 Å². The van der Waals surface area contributed by atoms with Gasteiger partial charge in [-0.25, -0.2) is 4.79 Å². The zero-order valence-corrected chi connectivity index (χ0v) is 10.0. The van der Waals surface area contributed by atoms with Gasteiger partial charge in [-0.15, -0.1) is 0 Å². The number of carbonyl (C=O) groups is 3. The van der Waals surface area contributed by atoms with Gasteiger partial charge in [0.15, 0.2) is 0 Å². The van der Waals surface area contributed by atoms with Crippen LogP contribution in [-0.2, 0) is 14.3 Å². The first-order valence-corrected chi connectivity index (χ1v) is 5.76. The first-order valence-electron chi connectivity index (χ1n) is 5.76. The number of benzene rings is 1. The van der Waals surface area contributed by atoms with Crippen molar-refractivity contribution < 1.29 is 19.1 Å². The van der Waals surface area contributed by atoms with Crippen LogP contribution in [0.5, 0.6) is 0 Å². The van der Waals surface area contributed by atoms with E-state index < -0.39 is 5.97 Å². The van der Waals surface area contributed by atoms with E-state index >= 15 is 0 Å². The van der Waals surface area contributed by atoms with Crippen molar-refractivity contribution >= 4 is 23.5 Å². The number of hydrogen-bond acceptors (Lipinski definition) is 4. The largest absolute Gasteiger partial charge is 0.462 e. The zero-order chi connectivity index (χ0) is 13.1. The molecule has 0 radical (unpaired) electrons. The molecule has 1 saturated heterocycles. The second-order valence-corrected chi connectivity index (χ2v) is 3.89. The predicted octanol–water partition coefficient (Wildman–Crippen LogP) is 1.52. The number of nitrogens with zero attached hydrogens (tertiary/aromatic N) is 1. The molecule has 1 aromatic rings. The lowest BCUT2D eigenvalue weighted by atomic mass is 10.2. The van der Waals surface area contributed by atoms with Crippen LogP contribution in [0.1, 0.15) is 30.1 Å². The van der Waals surface area contributed by atoms with E-state index in [2.05, 4.69) is 0 Å². The summed E-state index contributed by atoms with van der Waals surface area (Å²) in [6.45, 7) is 2.04. The summed E-state index contributed by atoms with van der Waals surface area (Å²) < 4.78 is 4.85. The average Bonchev–Trinajstić information content (AvgIpc) is 2.70. The van der Waals surface area contributed by atoms with Crippen LogP contribution >= 0.6 is 0 Å². The van der Waals surface area contributed by atoms with Crippen molar-refractivity contribution in [2.24, 2.45) is 0 Å². The van der Waals surface area contributed by atoms with Crippen LogP contribution in [0.2, 0.25) is 0 Å². The SMILES string of the molecule is CCOC(=O)c1ccc(N2C(=O)CCC2=O)cc1. The summed E-state index contributed by atoms with van der Waals surface area (Å²) in [7, 11) is 0. The third-order valence-corrected chi connectivity index (χ3v) is 2.69. The highest BCUT2D eigenvalue weighted by molar-refractivity contribution is 6.19. The fourth-order valence-corrected chi connectivity index (χ4v) is 1.83. The quantitative estimate of drug-likeness (QED) is 0.600. The van der Waals surface area contributed by atoms with Crippen LogP contribution < -0.4 is 4.90 Å². The summed E-state index contributed by atoms with van der Waals surface area (Å²) in [6.07, 6.45) is 0.497. The highest BCUT2D eigenvalue weighted by Gasteiger charge is 2.30. The Bertz CT molecular complexity index is 476. The topological polar surface area (TPSA) is 63.7 Å². The van der Waals surface area contributed by atoms with E-state index in [-0.39, 0.29) is 24.7 Å². The number of anilines is 1. The monoisotopic (exact) mass is 247 g/mol.